The summed E-state index contributed by atoms with van der Waals surface area (Å²) in [5, 5.41) is 2.20. The molecule has 0 amide bonds. The van der Waals surface area contributed by atoms with Crippen LogP contribution in [0.2, 0.25) is 0 Å². The molecule has 0 N–H and O–H groups in total. The summed E-state index contributed by atoms with van der Waals surface area (Å²) in [6.07, 6.45) is 0. The lowest BCUT2D eigenvalue weighted by atomic mass is 9.70. The second kappa shape index (κ2) is 13.4. The van der Waals surface area contributed by atoms with E-state index in [0.717, 1.165) is 60.9 Å². The van der Waals surface area contributed by atoms with Gasteiger partial charge in [0.15, 0.2) is 17.5 Å². The molecule has 0 fully saturated rings. The predicted octanol–water partition coefficient (Wildman–Crippen LogP) is 14.4. The van der Waals surface area contributed by atoms with Gasteiger partial charge < -0.3 is 4.42 Å². The van der Waals surface area contributed by atoms with Crippen LogP contribution in [-0.4, -0.2) is 15.0 Å². The molecule has 2 aliphatic rings. The summed E-state index contributed by atoms with van der Waals surface area (Å²) in [6, 6.07) is 75.6. The minimum absolute atomic E-state index is 0.396. The average Bonchev–Trinajstić information content (AvgIpc) is 3.98. The molecule has 11 aromatic rings. The van der Waals surface area contributed by atoms with Crippen LogP contribution >= 0.6 is 0 Å². The van der Waals surface area contributed by atoms with Crippen LogP contribution in [0.25, 0.3) is 101 Å². The number of nitrogens with zero attached hydrogens (tertiary/aromatic N) is 3. The van der Waals surface area contributed by atoms with Crippen molar-refractivity contribution in [3.63, 3.8) is 0 Å². The number of para-hydroxylation sites is 1. The third-order valence-electron chi connectivity index (χ3n) is 13.0. The Morgan fingerprint density at radius 2 is 0.710 bits per heavy atom. The van der Waals surface area contributed by atoms with Crippen LogP contribution in [0.4, 0.5) is 0 Å². The fourth-order valence-corrected chi connectivity index (χ4v) is 10.4. The summed E-state index contributed by atoms with van der Waals surface area (Å²) in [5.74, 6) is 1.83. The molecular formula is C58H35N3O. The number of rotatable bonds is 5. The Morgan fingerprint density at radius 3 is 1.34 bits per heavy atom. The van der Waals surface area contributed by atoms with E-state index in [-0.39, 0.29) is 0 Å². The van der Waals surface area contributed by atoms with E-state index in [9.17, 15) is 0 Å². The highest BCUT2D eigenvalue weighted by Gasteiger charge is 2.51. The van der Waals surface area contributed by atoms with Gasteiger partial charge in [-0.25, -0.2) is 15.0 Å². The Kier molecular flexibility index (Phi) is 7.49. The fourth-order valence-electron chi connectivity index (χ4n) is 10.4. The summed E-state index contributed by atoms with van der Waals surface area (Å²) in [6.45, 7) is 0. The van der Waals surface area contributed by atoms with Gasteiger partial charge in [-0.2, -0.15) is 0 Å². The predicted molar refractivity (Wildman–Crippen MR) is 251 cm³/mol. The van der Waals surface area contributed by atoms with E-state index < -0.39 is 5.41 Å². The van der Waals surface area contributed by atoms with Crippen LogP contribution in [0.15, 0.2) is 217 Å². The molecule has 0 bridgehead atoms. The maximum atomic E-state index is 6.33. The van der Waals surface area contributed by atoms with Crippen molar-refractivity contribution in [3.05, 3.63) is 235 Å². The van der Waals surface area contributed by atoms with Crippen molar-refractivity contribution in [2.75, 3.05) is 0 Å². The van der Waals surface area contributed by atoms with Gasteiger partial charge in [0.25, 0.3) is 0 Å². The standard InChI is InChI=1S/C58H35N3O/c1-2-16-36(17-3-1)55-59-56(61-57(60-55)47-25-7-5-19-40(47)38-30-32-45-44-23-11-15-29-53(44)62-54(45)35-38)46-24-6-4-18-39(46)37-31-33-52-48(34-37)43-22-10-14-28-51(43)58(52)49-26-12-8-20-41(49)42-21-9-13-27-50(42)58/h1-35H. The van der Waals surface area contributed by atoms with Gasteiger partial charge in [0.2, 0.25) is 0 Å². The van der Waals surface area contributed by atoms with Crippen molar-refractivity contribution >= 4 is 21.9 Å². The first-order chi connectivity index (χ1) is 30.7. The van der Waals surface area contributed by atoms with Gasteiger partial charge in [-0.05, 0) is 91.0 Å². The van der Waals surface area contributed by atoms with E-state index >= 15 is 0 Å². The lowest BCUT2D eigenvalue weighted by Gasteiger charge is -2.30. The number of fused-ring (bicyclic) bond motifs is 13. The molecule has 2 heterocycles. The van der Waals surface area contributed by atoms with E-state index in [1.807, 2.05) is 30.3 Å². The zero-order valence-electron chi connectivity index (χ0n) is 33.5. The van der Waals surface area contributed by atoms with Crippen molar-refractivity contribution in [1.29, 1.82) is 0 Å². The van der Waals surface area contributed by atoms with Crippen molar-refractivity contribution < 1.29 is 4.42 Å². The van der Waals surface area contributed by atoms with Gasteiger partial charge in [-0.3, -0.25) is 0 Å². The molecule has 2 aromatic heterocycles. The minimum atomic E-state index is -0.396. The van der Waals surface area contributed by atoms with Gasteiger partial charge in [-0.1, -0.05) is 188 Å². The maximum absolute atomic E-state index is 6.33. The zero-order chi connectivity index (χ0) is 40.8. The van der Waals surface area contributed by atoms with Gasteiger partial charge in [0.1, 0.15) is 11.2 Å². The molecule has 0 radical (unpaired) electrons. The lowest BCUT2D eigenvalue weighted by Crippen LogP contribution is -2.25. The number of aromatic nitrogens is 3. The zero-order valence-corrected chi connectivity index (χ0v) is 33.5. The molecule has 0 saturated carbocycles. The van der Waals surface area contributed by atoms with Gasteiger partial charge in [-0.15, -0.1) is 0 Å². The van der Waals surface area contributed by atoms with Gasteiger partial charge >= 0.3 is 0 Å². The number of furan rings is 1. The first-order valence-corrected chi connectivity index (χ1v) is 21.1. The van der Waals surface area contributed by atoms with E-state index in [1.165, 1.54) is 44.5 Å². The quantitative estimate of drug-likeness (QED) is 0.174. The largest absolute Gasteiger partial charge is 0.456 e. The number of benzene rings is 9. The Bertz CT molecular complexity index is 3560. The van der Waals surface area contributed by atoms with Crippen LogP contribution in [-0.2, 0) is 5.41 Å². The van der Waals surface area contributed by atoms with E-state index in [1.54, 1.807) is 0 Å². The molecule has 1 spiro atoms. The highest BCUT2D eigenvalue weighted by Crippen LogP contribution is 2.63. The van der Waals surface area contributed by atoms with Gasteiger partial charge in [0, 0.05) is 27.5 Å². The number of hydrogen-bond donors (Lipinski definition) is 0. The second-order valence-electron chi connectivity index (χ2n) is 16.2. The summed E-state index contributed by atoms with van der Waals surface area (Å²) in [7, 11) is 0. The highest BCUT2D eigenvalue weighted by molar-refractivity contribution is 6.06. The smallest absolute Gasteiger partial charge is 0.164 e. The van der Waals surface area contributed by atoms with Crippen LogP contribution in [0, 0.1) is 0 Å². The van der Waals surface area contributed by atoms with E-state index in [2.05, 4.69) is 182 Å². The van der Waals surface area contributed by atoms with Crippen molar-refractivity contribution in [2.24, 2.45) is 0 Å². The molecule has 2 aliphatic carbocycles. The average molecular weight is 790 g/mol. The fraction of sp³-hybridized carbons (Fsp3) is 0.0172. The summed E-state index contributed by atoms with van der Waals surface area (Å²) in [5.41, 5.74) is 18.7. The first-order valence-electron chi connectivity index (χ1n) is 21.1. The topological polar surface area (TPSA) is 51.8 Å². The van der Waals surface area contributed by atoms with Crippen molar-refractivity contribution in [3.8, 4) is 78.7 Å². The second-order valence-corrected chi connectivity index (χ2v) is 16.2. The molecule has 62 heavy (non-hydrogen) atoms. The molecular weight excluding hydrogens is 755 g/mol. The van der Waals surface area contributed by atoms with Gasteiger partial charge in [0.05, 0.1) is 5.41 Å². The Labute approximate surface area is 358 Å². The third-order valence-corrected chi connectivity index (χ3v) is 13.0. The molecule has 0 atom stereocenters. The molecule has 13 rings (SSSR count). The number of hydrogen-bond acceptors (Lipinski definition) is 4. The molecule has 0 aliphatic heterocycles. The van der Waals surface area contributed by atoms with Crippen molar-refractivity contribution in [1.82, 2.24) is 15.0 Å². The van der Waals surface area contributed by atoms with Crippen LogP contribution in [0.5, 0.6) is 0 Å². The molecule has 288 valence electrons. The molecule has 0 unspecified atom stereocenters. The molecule has 0 saturated heterocycles. The summed E-state index contributed by atoms with van der Waals surface area (Å²) >= 11 is 0. The summed E-state index contributed by atoms with van der Waals surface area (Å²) < 4.78 is 6.33. The van der Waals surface area contributed by atoms with E-state index in [0.29, 0.717) is 17.5 Å². The normalized spacial score (nSPS) is 13.0. The monoisotopic (exact) mass is 789 g/mol. The third kappa shape index (κ3) is 4.98. The molecule has 9 aromatic carbocycles. The minimum Gasteiger partial charge on any atom is -0.456 e. The van der Waals surface area contributed by atoms with E-state index in [4.69, 9.17) is 19.4 Å². The Balaban J connectivity index is 0.986. The molecule has 4 heteroatoms. The first kappa shape index (κ1) is 34.6. The van der Waals surface area contributed by atoms with Crippen LogP contribution < -0.4 is 0 Å². The summed E-state index contributed by atoms with van der Waals surface area (Å²) in [4.78, 5) is 15.8. The highest BCUT2D eigenvalue weighted by atomic mass is 16.3. The Morgan fingerprint density at radius 1 is 0.274 bits per heavy atom. The lowest BCUT2D eigenvalue weighted by molar-refractivity contribution is 0.669. The van der Waals surface area contributed by atoms with Crippen LogP contribution in [0.1, 0.15) is 22.3 Å². The SMILES string of the molecule is c1ccc(-c2nc(-c3ccccc3-c3ccc4c(c3)-c3ccccc3C43c4ccccc4-c4ccccc43)nc(-c3ccccc3-c3ccc4c(c3)oc3ccccc34)n2)cc1. The van der Waals surface area contributed by atoms with Crippen molar-refractivity contribution in [2.45, 2.75) is 5.41 Å². The molecule has 4 nitrogen and oxygen atoms in total. The van der Waals surface area contributed by atoms with Crippen LogP contribution in [0.3, 0.4) is 0 Å². The maximum Gasteiger partial charge on any atom is 0.164 e. The Hall–Kier alpha value is -8.21.